The maximum atomic E-state index is 11.9. The zero-order valence-corrected chi connectivity index (χ0v) is 19.0. The fraction of sp³-hybridized carbons (Fsp3) is 0.348. The van der Waals surface area contributed by atoms with Crippen LogP contribution in [0.25, 0.3) is 0 Å². The molecule has 1 heterocycles. The van der Waals surface area contributed by atoms with Crippen molar-refractivity contribution in [1.29, 1.82) is 0 Å². The molecule has 3 rings (SSSR count). The summed E-state index contributed by atoms with van der Waals surface area (Å²) in [5.74, 6) is 1.23. The lowest BCUT2D eigenvalue weighted by molar-refractivity contribution is -0.129. The molecule has 2 aromatic carbocycles. The van der Waals surface area contributed by atoms with Crippen molar-refractivity contribution in [2.75, 3.05) is 13.2 Å². The molecule has 31 heavy (non-hydrogen) atoms. The minimum Gasteiger partial charge on any atom is -0.493 e. The van der Waals surface area contributed by atoms with Crippen LogP contribution < -0.4 is 14.8 Å². The van der Waals surface area contributed by atoms with Gasteiger partial charge in [0.2, 0.25) is 11.8 Å². The van der Waals surface area contributed by atoms with Crippen molar-refractivity contribution in [3.8, 4) is 11.5 Å². The van der Waals surface area contributed by atoms with E-state index in [4.69, 9.17) is 9.47 Å². The van der Waals surface area contributed by atoms with Gasteiger partial charge in [0, 0.05) is 20.3 Å². The predicted molar refractivity (Wildman–Crippen MR) is 122 cm³/mol. The number of carbonyl (C=O) groups is 2. The van der Waals surface area contributed by atoms with E-state index in [1.165, 1.54) is 36.2 Å². The molecule has 0 aliphatic carbocycles. The van der Waals surface area contributed by atoms with Gasteiger partial charge in [-0.15, -0.1) is 5.10 Å². The summed E-state index contributed by atoms with van der Waals surface area (Å²) in [6.45, 7) is 8.09. The maximum absolute atomic E-state index is 11.9. The average molecular weight is 442 g/mol. The third-order valence-corrected chi connectivity index (χ3v) is 5.66. The second-order valence-electron chi connectivity index (χ2n) is 7.31. The van der Waals surface area contributed by atoms with Gasteiger partial charge in [-0.1, -0.05) is 41.6 Å². The van der Waals surface area contributed by atoms with E-state index in [1.54, 1.807) is 0 Å². The smallest absolute Gasteiger partial charge is 0.241 e. The molecule has 0 saturated carbocycles. The summed E-state index contributed by atoms with van der Waals surface area (Å²) >= 11 is 1.32. The molecule has 0 saturated heterocycles. The minimum absolute atomic E-state index is 0.193. The largest absolute Gasteiger partial charge is 0.493 e. The Bertz CT molecular complexity index is 975. The second-order valence-corrected chi connectivity index (χ2v) is 8.38. The summed E-state index contributed by atoms with van der Waals surface area (Å²) in [5, 5.41) is 8.30. The van der Waals surface area contributed by atoms with E-state index in [2.05, 4.69) is 23.4 Å². The lowest BCUT2D eigenvalue weighted by Gasteiger charge is -2.19. The molecule has 0 fully saturated rings. The van der Waals surface area contributed by atoms with Crippen LogP contribution in [0.15, 0.2) is 47.6 Å². The highest BCUT2D eigenvalue weighted by molar-refractivity contribution is 8.14. The van der Waals surface area contributed by atoms with Crippen LogP contribution >= 0.6 is 11.8 Å². The normalized spacial score (nSPS) is 15.4. The summed E-state index contributed by atoms with van der Waals surface area (Å²) < 4.78 is 11.6. The van der Waals surface area contributed by atoms with E-state index in [0.29, 0.717) is 18.4 Å². The number of nitrogens with one attached hydrogen (secondary N) is 1. The quantitative estimate of drug-likeness (QED) is 0.653. The van der Waals surface area contributed by atoms with E-state index in [-0.39, 0.29) is 17.2 Å². The molecule has 8 heteroatoms. The number of amidine groups is 1. The zero-order valence-electron chi connectivity index (χ0n) is 18.2. The van der Waals surface area contributed by atoms with Crippen LogP contribution in [0.1, 0.15) is 42.3 Å². The van der Waals surface area contributed by atoms with Crippen LogP contribution in [0.5, 0.6) is 11.5 Å². The second kappa shape index (κ2) is 10.3. The lowest BCUT2D eigenvalue weighted by Crippen LogP contribution is -2.25. The van der Waals surface area contributed by atoms with Crippen molar-refractivity contribution in [2.45, 2.75) is 39.5 Å². The topological polar surface area (TPSA) is 80.2 Å². The minimum atomic E-state index is -0.320. The number of ether oxygens (including phenoxy) is 2. The average Bonchev–Trinajstić information content (AvgIpc) is 3.13. The molecular weight excluding hydrogens is 414 g/mol. The van der Waals surface area contributed by atoms with E-state index in [1.807, 2.05) is 43.3 Å². The number of hydrogen-bond donors (Lipinski definition) is 1. The van der Waals surface area contributed by atoms with E-state index >= 15 is 0 Å². The Kier molecular flexibility index (Phi) is 7.57. The highest BCUT2D eigenvalue weighted by atomic mass is 32.2. The van der Waals surface area contributed by atoms with Gasteiger partial charge in [-0.05, 0) is 43.2 Å². The molecule has 2 amide bonds. The van der Waals surface area contributed by atoms with Crippen molar-refractivity contribution < 1.29 is 19.1 Å². The van der Waals surface area contributed by atoms with Gasteiger partial charge in [0.05, 0.1) is 13.2 Å². The van der Waals surface area contributed by atoms with Gasteiger partial charge < -0.3 is 14.8 Å². The predicted octanol–water partition coefficient (Wildman–Crippen LogP) is 4.15. The first-order valence-electron chi connectivity index (χ1n) is 10.1. The number of benzene rings is 2. The molecule has 1 N–H and O–H groups in total. The number of hydrogen-bond acceptors (Lipinski definition) is 6. The Balaban J connectivity index is 1.48. The van der Waals surface area contributed by atoms with Crippen molar-refractivity contribution >= 4 is 28.7 Å². The van der Waals surface area contributed by atoms with Crippen molar-refractivity contribution in [1.82, 2.24) is 10.3 Å². The van der Waals surface area contributed by atoms with Crippen LogP contribution in [-0.4, -0.2) is 35.2 Å². The van der Waals surface area contributed by atoms with Gasteiger partial charge in [-0.3, -0.25) is 9.59 Å². The fourth-order valence-electron chi connectivity index (χ4n) is 3.10. The van der Waals surface area contributed by atoms with Crippen LogP contribution in [0.3, 0.4) is 0 Å². The van der Waals surface area contributed by atoms with E-state index in [0.717, 1.165) is 29.0 Å². The SMILES string of the molecule is CC(=O)NC1=NN(C(C)=O)C(c2ccc(OCCCOc3ccc(C)cc3C)cc2)S1. The molecule has 2 aromatic rings. The molecule has 1 aliphatic rings. The number of rotatable bonds is 7. The number of carbonyl (C=O) groups excluding carboxylic acids is 2. The molecule has 0 spiro atoms. The number of thioether (sulfide) groups is 1. The maximum Gasteiger partial charge on any atom is 0.241 e. The highest BCUT2D eigenvalue weighted by Gasteiger charge is 2.32. The van der Waals surface area contributed by atoms with Gasteiger partial charge in [0.25, 0.3) is 0 Å². The van der Waals surface area contributed by atoms with E-state index < -0.39 is 0 Å². The first-order valence-corrected chi connectivity index (χ1v) is 11.0. The van der Waals surface area contributed by atoms with Gasteiger partial charge >= 0.3 is 0 Å². The summed E-state index contributed by atoms with van der Waals surface area (Å²) in [5.41, 5.74) is 3.25. The monoisotopic (exact) mass is 441 g/mol. The Morgan fingerprint density at radius 3 is 2.42 bits per heavy atom. The molecule has 0 aromatic heterocycles. The molecule has 0 radical (unpaired) electrons. The Morgan fingerprint density at radius 2 is 1.77 bits per heavy atom. The van der Waals surface area contributed by atoms with Crippen LogP contribution in [0, 0.1) is 13.8 Å². The molecule has 1 aliphatic heterocycles. The van der Waals surface area contributed by atoms with Gasteiger partial charge in [-0.25, -0.2) is 5.01 Å². The van der Waals surface area contributed by atoms with Crippen LogP contribution in [0.2, 0.25) is 0 Å². The Morgan fingerprint density at radius 1 is 1.06 bits per heavy atom. The number of nitrogens with zero attached hydrogens (tertiary/aromatic N) is 2. The van der Waals surface area contributed by atoms with Crippen molar-refractivity contribution in [2.24, 2.45) is 5.10 Å². The van der Waals surface area contributed by atoms with Crippen LogP contribution in [-0.2, 0) is 9.59 Å². The molecule has 164 valence electrons. The molecular formula is C23H27N3O4S. The van der Waals surface area contributed by atoms with Gasteiger partial charge in [0.15, 0.2) is 5.17 Å². The number of hydrazone groups is 1. The van der Waals surface area contributed by atoms with Gasteiger partial charge in [0.1, 0.15) is 16.9 Å². The Hall–Kier alpha value is -3.00. The first kappa shape index (κ1) is 22.7. The third kappa shape index (κ3) is 6.24. The lowest BCUT2D eigenvalue weighted by atomic mass is 10.1. The molecule has 1 atom stereocenters. The Labute approximate surface area is 186 Å². The molecule has 7 nitrogen and oxygen atoms in total. The molecule has 1 unspecified atom stereocenters. The fourth-order valence-corrected chi connectivity index (χ4v) is 4.24. The highest BCUT2D eigenvalue weighted by Crippen LogP contribution is 2.39. The van der Waals surface area contributed by atoms with Crippen molar-refractivity contribution in [3.05, 3.63) is 59.2 Å². The number of aryl methyl sites for hydroxylation is 2. The van der Waals surface area contributed by atoms with Crippen molar-refractivity contribution in [3.63, 3.8) is 0 Å². The first-order chi connectivity index (χ1) is 14.8. The summed E-state index contributed by atoms with van der Waals surface area (Å²) in [7, 11) is 0. The third-order valence-electron chi connectivity index (χ3n) is 4.56. The zero-order chi connectivity index (χ0) is 22.4. The summed E-state index contributed by atoms with van der Waals surface area (Å²) in [4.78, 5) is 23.2. The van der Waals surface area contributed by atoms with Gasteiger partial charge in [-0.2, -0.15) is 0 Å². The summed E-state index contributed by atoms with van der Waals surface area (Å²) in [6.07, 6.45) is 0.763. The van der Waals surface area contributed by atoms with E-state index in [9.17, 15) is 9.59 Å². The summed E-state index contributed by atoms with van der Waals surface area (Å²) in [6, 6.07) is 13.7. The standard InChI is InChI=1S/C23H27N3O4S/c1-15-6-11-21(16(2)14-15)30-13-5-12-29-20-9-7-19(8-10-20)22-26(18(4)28)25-23(31-22)24-17(3)27/h6-11,14,22H,5,12-13H2,1-4H3,(H,24,25,27). The molecule has 0 bridgehead atoms. The van der Waals surface area contributed by atoms with Crippen LogP contribution in [0.4, 0.5) is 0 Å². The number of amides is 2.